The van der Waals surface area contributed by atoms with Crippen LogP contribution in [0.15, 0.2) is 57.9 Å². The fraction of sp³-hybridized carbons (Fsp3) is 0.286. The monoisotopic (exact) mass is 522 g/mol. The fourth-order valence-corrected chi connectivity index (χ4v) is 5.56. The largest absolute Gasteiger partial charge is 0.296 e. The Morgan fingerprint density at radius 3 is 2.19 bits per heavy atom. The third-order valence-electron chi connectivity index (χ3n) is 4.44. The smallest absolute Gasteiger partial charge is 0.257 e. The second kappa shape index (κ2) is 10.4. The fourth-order valence-electron chi connectivity index (χ4n) is 2.93. The summed E-state index contributed by atoms with van der Waals surface area (Å²) in [5.41, 5.74) is 1.25. The summed E-state index contributed by atoms with van der Waals surface area (Å²) >= 11 is 4.66. The van der Waals surface area contributed by atoms with Gasteiger partial charge in [0.1, 0.15) is 5.01 Å². The molecule has 164 valence electrons. The Kier molecular flexibility index (Phi) is 7.93. The van der Waals surface area contributed by atoms with Gasteiger partial charge in [-0.05, 0) is 49.2 Å². The average molecular weight is 523 g/mol. The van der Waals surface area contributed by atoms with Gasteiger partial charge in [-0.15, -0.1) is 10.2 Å². The predicted molar refractivity (Wildman–Crippen MR) is 127 cm³/mol. The van der Waals surface area contributed by atoms with Crippen LogP contribution in [-0.2, 0) is 10.0 Å². The molecule has 0 saturated carbocycles. The number of hydrogen-bond donors (Lipinski definition) is 1. The van der Waals surface area contributed by atoms with Gasteiger partial charge in [-0.1, -0.05) is 53.2 Å². The number of halogens is 1. The van der Waals surface area contributed by atoms with Crippen molar-refractivity contribution in [1.82, 2.24) is 14.5 Å². The molecule has 1 aromatic heterocycles. The molecular weight excluding hydrogens is 500 g/mol. The third kappa shape index (κ3) is 5.76. The van der Waals surface area contributed by atoms with Crippen LogP contribution in [0.25, 0.3) is 10.6 Å². The van der Waals surface area contributed by atoms with Crippen molar-refractivity contribution in [3.8, 4) is 10.6 Å². The Morgan fingerprint density at radius 2 is 1.61 bits per heavy atom. The Balaban J connectivity index is 1.71. The van der Waals surface area contributed by atoms with E-state index in [9.17, 15) is 13.2 Å². The first kappa shape index (κ1) is 23.5. The number of amides is 1. The Hall–Kier alpha value is -2.14. The summed E-state index contributed by atoms with van der Waals surface area (Å²) in [4.78, 5) is 12.7. The van der Waals surface area contributed by atoms with Crippen molar-refractivity contribution in [3.05, 3.63) is 58.6 Å². The first-order valence-corrected chi connectivity index (χ1v) is 12.9. The zero-order valence-electron chi connectivity index (χ0n) is 17.2. The molecule has 3 rings (SSSR count). The maximum Gasteiger partial charge on any atom is 0.257 e. The molecule has 0 bridgehead atoms. The maximum absolute atomic E-state index is 12.8. The SMILES string of the molecule is CCCN(CCC)S(=O)(=O)c1ccc(C(=O)Nc2nnc(-c3ccc(Br)cc3)s2)cc1. The molecule has 0 saturated heterocycles. The summed E-state index contributed by atoms with van der Waals surface area (Å²) in [7, 11) is -3.58. The summed E-state index contributed by atoms with van der Waals surface area (Å²) < 4.78 is 28.1. The van der Waals surface area contributed by atoms with Crippen LogP contribution in [-0.4, -0.2) is 41.9 Å². The molecule has 1 amide bonds. The second-order valence-electron chi connectivity index (χ2n) is 6.80. The Labute approximate surface area is 194 Å². The van der Waals surface area contributed by atoms with E-state index in [-0.39, 0.29) is 10.8 Å². The molecule has 31 heavy (non-hydrogen) atoms. The van der Waals surface area contributed by atoms with Crippen molar-refractivity contribution in [3.63, 3.8) is 0 Å². The molecule has 1 N–H and O–H groups in total. The molecule has 2 aromatic carbocycles. The average Bonchev–Trinajstić information content (AvgIpc) is 3.22. The molecule has 1 heterocycles. The van der Waals surface area contributed by atoms with Gasteiger partial charge in [0.05, 0.1) is 4.90 Å². The highest BCUT2D eigenvalue weighted by Crippen LogP contribution is 2.27. The van der Waals surface area contributed by atoms with Crippen molar-refractivity contribution in [2.45, 2.75) is 31.6 Å². The quantitative estimate of drug-likeness (QED) is 0.425. The number of anilines is 1. The summed E-state index contributed by atoms with van der Waals surface area (Å²) in [5, 5.41) is 11.9. The van der Waals surface area contributed by atoms with Gasteiger partial charge in [0, 0.05) is 28.7 Å². The number of rotatable bonds is 9. The number of aromatic nitrogens is 2. The van der Waals surface area contributed by atoms with E-state index < -0.39 is 10.0 Å². The molecule has 7 nitrogen and oxygen atoms in total. The number of carbonyl (C=O) groups is 1. The Bertz CT molecular complexity index is 1120. The molecule has 10 heteroatoms. The first-order valence-electron chi connectivity index (χ1n) is 9.86. The molecular formula is C21H23BrN4O3S2. The number of carbonyl (C=O) groups excluding carboxylic acids is 1. The van der Waals surface area contributed by atoms with Crippen molar-refractivity contribution in [1.29, 1.82) is 0 Å². The van der Waals surface area contributed by atoms with E-state index in [1.54, 1.807) is 0 Å². The van der Waals surface area contributed by atoms with Crippen LogP contribution >= 0.6 is 27.3 Å². The van der Waals surface area contributed by atoms with Crippen molar-refractivity contribution < 1.29 is 13.2 Å². The molecule has 0 spiro atoms. The highest BCUT2D eigenvalue weighted by Gasteiger charge is 2.23. The lowest BCUT2D eigenvalue weighted by molar-refractivity contribution is 0.102. The van der Waals surface area contributed by atoms with Crippen LogP contribution in [0, 0.1) is 0 Å². The van der Waals surface area contributed by atoms with Gasteiger partial charge in [-0.2, -0.15) is 4.31 Å². The summed E-state index contributed by atoms with van der Waals surface area (Å²) in [6, 6.07) is 13.6. The minimum Gasteiger partial charge on any atom is -0.296 e. The molecule has 0 aliphatic heterocycles. The number of nitrogens with zero attached hydrogens (tertiary/aromatic N) is 3. The maximum atomic E-state index is 12.8. The van der Waals surface area contributed by atoms with Crippen LogP contribution in [0.4, 0.5) is 5.13 Å². The third-order valence-corrected chi connectivity index (χ3v) is 7.77. The molecule has 3 aromatic rings. The highest BCUT2D eigenvalue weighted by atomic mass is 79.9. The van der Waals surface area contributed by atoms with Crippen LogP contribution in [0.3, 0.4) is 0 Å². The molecule has 0 fully saturated rings. The van der Waals surface area contributed by atoms with E-state index in [1.165, 1.54) is 39.9 Å². The molecule has 0 atom stereocenters. The van der Waals surface area contributed by atoms with Crippen LogP contribution < -0.4 is 5.32 Å². The van der Waals surface area contributed by atoms with Gasteiger partial charge < -0.3 is 0 Å². The van der Waals surface area contributed by atoms with Crippen molar-refractivity contribution in [2.75, 3.05) is 18.4 Å². The van der Waals surface area contributed by atoms with Gasteiger partial charge in [-0.25, -0.2) is 8.42 Å². The van der Waals surface area contributed by atoms with Gasteiger partial charge in [0.2, 0.25) is 15.2 Å². The van der Waals surface area contributed by atoms with Gasteiger partial charge in [0.25, 0.3) is 5.91 Å². The van der Waals surface area contributed by atoms with E-state index in [1.807, 2.05) is 38.1 Å². The van der Waals surface area contributed by atoms with E-state index in [0.717, 1.165) is 22.9 Å². The predicted octanol–water partition coefficient (Wildman–Crippen LogP) is 5.03. The van der Waals surface area contributed by atoms with E-state index >= 15 is 0 Å². The lowest BCUT2D eigenvalue weighted by Crippen LogP contribution is -2.32. The number of benzene rings is 2. The van der Waals surface area contributed by atoms with Gasteiger partial charge in [0.15, 0.2) is 0 Å². The van der Waals surface area contributed by atoms with E-state index in [4.69, 9.17) is 0 Å². The Morgan fingerprint density at radius 1 is 1.00 bits per heavy atom. The van der Waals surface area contributed by atoms with Gasteiger partial charge in [-0.3, -0.25) is 10.1 Å². The van der Waals surface area contributed by atoms with Gasteiger partial charge >= 0.3 is 0 Å². The van der Waals surface area contributed by atoms with E-state index in [0.29, 0.717) is 28.8 Å². The highest BCUT2D eigenvalue weighted by molar-refractivity contribution is 9.10. The van der Waals surface area contributed by atoms with Crippen LogP contribution in [0.5, 0.6) is 0 Å². The summed E-state index contributed by atoms with van der Waals surface area (Å²) in [5.74, 6) is -0.374. The molecule has 0 unspecified atom stereocenters. The minimum absolute atomic E-state index is 0.180. The standard InChI is InChI=1S/C21H23BrN4O3S2/c1-3-13-26(14-4-2)31(28,29)18-11-7-15(8-12-18)19(27)23-21-25-24-20(30-21)16-5-9-17(22)10-6-16/h5-12H,3-4,13-14H2,1-2H3,(H,23,25,27). The second-order valence-corrected chi connectivity index (χ2v) is 10.6. The van der Waals surface area contributed by atoms with E-state index in [2.05, 4.69) is 31.4 Å². The first-order chi connectivity index (χ1) is 14.8. The lowest BCUT2D eigenvalue weighted by atomic mass is 10.2. The van der Waals surface area contributed by atoms with Crippen molar-refractivity contribution >= 4 is 48.3 Å². The summed E-state index contributed by atoms with van der Waals surface area (Å²) in [6.45, 7) is 4.83. The number of nitrogens with one attached hydrogen (secondary N) is 1. The number of hydrogen-bond acceptors (Lipinski definition) is 6. The zero-order valence-corrected chi connectivity index (χ0v) is 20.4. The topological polar surface area (TPSA) is 92.3 Å². The normalized spacial score (nSPS) is 11.6. The molecule has 0 aliphatic carbocycles. The minimum atomic E-state index is -3.58. The summed E-state index contributed by atoms with van der Waals surface area (Å²) in [6.07, 6.45) is 1.48. The van der Waals surface area contributed by atoms with Crippen LogP contribution in [0.1, 0.15) is 37.0 Å². The van der Waals surface area contributed by atoms with Crippen molar-refractivity contribution in [2.24, 2.45) is 0 Å². The molecule has 0 aliphatic rings. The lowest BCUT2D eigenvalue weighted by Gasteiger charge is -2.21. The van der Waals surface area contributed by atoms with Crippen LogP contribution in [0.2, 0.25) is 0 Å². The number of sulfonamides is 1. The molecule has 0 radical (unpaired) electrons. The zero-order chi connectivity index (χ0) is 22.4.